The maximum atomic E-state index is 11.2. The van der Waals surface area contributed by atoms with Crippen LogP contribution in [0.25, 0.3) is 0 Å². The van der Waals surface area contributed by atoms with Crippen LogP contribution in [0.2, 0.25) is 10.0 Å². The minimum atomic E-state index is -0.591. The van der Waals surface area contributed by atoms with Crippen LogP contribution < -0.4 is 0 Å². The van der Waals surface area contributed by atoms with Crippen LogP contribution in [-0.2, 0) is 9.53 Å². The predicted octanol–water partition coefficient (Wildman–Crippen LogP) is 3.27. The maximum Gasteiger partial charge on any atom is 0.163 e. The first-order valence-electron chi connectivity index (χ1n) is 4.04. The lowest BCUT2D eigenvalue weighted by molar-refractivity contribution is -0.126. The lowest BCUT2D eigenvalue weighted by Gasteiger charge is -2.12. The number of methoxy groups -OCH3 is 1. The summed E-state index contributed by atoms with van der Waals surface area (Å²) in [5, 5.41) is 0.992. The van der Waals surface area contributed by atoms with Gasteiger partial charge in [-0.05, 0) is 30.7 Å². The first-order chi connectivity index (χ1) is 6.54. The van der Waals surface area contributed by atoms with Crippen molar-refractivity contribution >= 4 is 29.0 Å². The molecule has 0 aliphatic rings. The van der Waals surface area contributed by atoms with E-state index in [4.69, 9.17) is 27.9 Å². The monoisotopic (exact) mass is 232 g/mol. The van der Waals surface area contributed by atoms with Gasteiger partial charge in [0, 0.05) is 17.2 Å². The molecule has 1 unspecified atom stereocenters. The van der Waals surface area contributed by atoms with Gasteiger partial charge in [0.1, 0.15) is 6.10 Å². The van der Waals surface area contributed by atoms with Crippen molar-refractivity contribution in [3.05, 3.63) is 33.8 Å². The molecular formula is C10H10Cl2O2. The largest absolute Gasteiger partial charge is 0.369 e. The molecule has 1 aromatic carbocycles. The van der Waals surface area contributed by atoms with Crippen LogP contribution in [0.4, 0.5) is 0 Å². The summed E-state index contributed by atoms with van der Waals surface area (Å²) in [5.74, 6) is -0.0779. The smallest absolute Gasteiger partial charge is 0.163 e. The van der Waals surface area contributed by atoms with Crippen LogP contribution >= 0.6 is 23.2 Å². The van der Waals surface area contributed by atoms with E-state index in [1.165, 1.54) is 14.0 Å². The van der Waals surface area contributed by atoms with Gasteiger partial charge in [-0.25, -0.2) is 0 Å². The molecular weight excluding hydrogens is 223 g/mol. The van der Waals surface area contributed by atoms with Crippen molar-refractivity contribution < 1.29 is 9.53 Å². The van der Waals surface area contributed by atoms with Gasteiger partial charge in [0.15, 0.2) is 5.78 Å². The van der Waals surface area contributed by atoms with Gasteiger partial charge in [-0.15, -0.1) is 0 Å². The van der Waals surface area contributed by atoms with Crippen molar-refractivity contribution in [2.45, 2.75) is 13.0 Å². The molecule has 1 atom stereocenters. The summed E-state index contributed by atoms with van der Waals surface area (Å²) in [6, 6.07) is 4.95. The van der Waals surface area contributed by atoms with E-state index >= 15 is 0 Å². The normalized spacial score (nSPS) is 12.6. The molecule has 0 aliphatic heterocycles. The Morgan fingerprint density at radius 2 is 1.79 bits per heavy atom. The number of carbonyl (C=O) groups is 1. The molecule has 14 heavy (non-hydrogen) atoms. The van der Waals surface area contributed by atoms with Crippen LogP contribution in [0, 0.1) is 0 Å². The lowest BCUT2D eigenvalue weighted by Crippen LogP contribution is -2.10. The molecule has 0 saturated carbocycles. The van der Waals surface area contributed by atoms with Gasteiger partial charge >= 0.3 is 0 Å². The number of Topliss-reactive ketones (excluding diaryl/α,β-unsaturated/α-hetero) is 1. The SMILES string of the molecule is COC(C(C)=O)c1cc(Cl)cc(Cl)c1. The molecule has 0 spiro atoms. The van der Waals surface area contributed by atoms with Crippen molar-refractivity contribution in [1.82, 2.24) is 0 Å². The predicted molar refractivity (Wildman–Crippen MR) is 56.9 cm³/mol. The summed E-state index contributed by atoms with van der Waals surface area (Å²) in [5.41, 5.74) is 0.678. The van der Waals surface area contributed by atoms with Crippen LogP contribution in [0.3, 0.4) is 0 Å². The molecule has 0 amide bonds. The highest BCUT2D eigenvalue weighted by Crippen LogP contribution is 2.25. The second-order valence-electron chi connectivity index (χ2n) is 2.93. The Morgan fingerprint density at radius 1 is 1.29 bits per heavy atom. The molecule has 0 saturated heterocycles. The summed E-state index contributed by atoms with van der Waals surface area (Å²) < 4.78 is 5.04. The molecule has 76 valence electrons. The van der Waals surface area contributed by atoms with E-state index in [2.05, 4.69) is 0 Å². The zero-order valence-electron chi connectivity index (χ0n) is 7.88. The van der Waals surface area contributed by atoms with Crippen molar-refractivity contribution in [3.63, 3.8) is 0 Å². The van der Waals surface area contributed by atoms with Gasteiger partial charge in [0.25, 0.3) is 0 Å². The van der Waals surface area contributed by atoms with Gasteiger partial charge in [-0.2, -0.15) is 0 Å². The van der Waals surface area contributed by atoms with Crippen LogP contribution in [0.1, 0.15) is 18.6 Å². The van der Waals surface area contributed by atoms with E-state index in [1.807, 2.05) is 0 Å². The third-order valence-electron chi connectivity index (χ3n) is 1.79. The van der Waals surface area contributed by atoms with Crippen molar-refractivity contribution in [2.75, 3.05) is 7.11 Å². The minimum Gasteiger partial charge on any atom is -0.369 e. The molecule has 1 aromatic rings. The third kappa shape index (κ3) is 2.71. The third-order valence-corrected chi connectivity index (χ3v) is 2.23. The van der Waals surface area contributed by atoms with Gasteiger partial charge in [0.05, 0.1) is 0 Å². The highest BCUT2D eigenvalue weighted by atomic mass is 35.5. The number of rotatable bonds is 3. The van der Waals surface area contributed by atoms with E-state index in [9.17, 15) is 4.79 Å². The fraction of sp³-hybridized carbons (Fsp3) is 0.300. The zero-order valence-corrected chi connectivity index (χ0v) is 9.39. The summed E-state index contributed by atoms with van der Waals surface area (Å²) in [6.45, 7) is 1.46. The number of hydrogen-bond donors (Lipinski definition) is 0. The molecule has 0 N–H and O–H groups in total. The maximum absolute atomic E-state index is 11.2. The van der Waals surface area contributed by atoms with Gasteiger partial charge in [0.2, 0.25) is 0 Å². The van der Waals surface area contributed by atoms with E-state index in [-0.39, 0.29) is 5.78 Å². The molecule has 0 bridgehead atoms. The molecule has 0 radical (unpaired) electrons. The Morgan fingerprint density at radius 3 is 2.14 bits per heavy atom. The first kappa shape index (κ1) is 11.5. The topological polar surface area (TPSA) is 26.3 Å². The van der Waals surface area contributed by atoms with Gasteiger partial charge in [-0.3, -0.25) is 4.79 Å². The lowest BCUT2D eigenvalue weighted by atomic mass is 10.1. The average molecular weight is 233 g/mol. The number of halogens is 2. The fourth-order valence-corrected chi connectivity index (χ4v) is 1.81. The zero-order chi connectivity index (χ0) is 10.7. The molecule has 0 aliphatic carbocycles. The number of ketones is 1. The van der Waals surface area contributed by atoms with Gasteiger partial charge < -0.3 is 4.74 Å². The molecule has 2 nitrogen and oxygen atoms in total. The molecule has 0 aromatic heterocycles. The Balaban J connectivity index is 3.10. The highest BCUT2D eigenvalue weighted by molar-refractivity contribution is 6.34. The summed E-state index contributed by atoms with van der Waals surface area (Å²) in [4.78, 5) is 11.2. The van der Waals surface area contributed by atoms with Crippen molar-refractivity contribution in [1.29, 1.82) is 0 Å². The van der Waals surface area contributed by atoms with E-state index in [0.717, 1.165) is 0 Å². The Labute approximate surface area is 92.8 Å². The van der Waals surface area contributed by atoms with Crippen LogP contribution in [0.5, 0.6) is 0 Å². The minimum absolute atomic E-state index is 0.0779. The van der Waals surface area contributed by atoms with E-state index in [0.29, 0.717) is 15.6 Å². The van der Waals surface area contributed by atoms with Crippen LogP contribution in [0.15, 0.2) is 18.2 Å². The second kappa shape index (κ2) is 4.78. The molecule has 0 heterocycles. The number of carbonyl (C=O) groups excluding carboxylic acids is 1. The van der Waals surface area contributed by atoms with E-state index < -0.39 is 6.10 Å². The first-order valence-corrected chi connectivity index (χ1v) is 4.79. The Kier molecular flexibility index (Phi) is 3.93. The number of hydrogen-bond acceptors (Lipinski definition) is 2. The molecule has 1 rings (SSSR count). The Hall–Kier alpha value is -0.570. The number of ether oxygens (including phenoxy) is 1. The van der Waals surface area contributed by atoms with Gasteiger partial charge in [-0.1, -0.05) is 23.2 Å². The fourth-order valence-electron chi connectivity index (χ4n) is 1.26. The van der Waals surface area contributed by atoms with Crippen molar-refractivity contribution in [2.24, 2.45) is 0 Å². The standard InChI is InChI=1S/C10H10Cl2O2/c1-6(13)10(14-2)7-3-8(11)5-9(12)4-7/h3-5,10H,1-2H3. The van der Waals surface area contributed by atoms with E-state index in [1.54, 1.807) is 18.2 Å². The van der Waals surface area contributed by atoms with Crippen molar-refractivity contribution in [3.8, 4) is 0 Å². The Bertz CT molecular complexity index is 330. The highest BCUT2D eigenvalue weighted by Gasteiger charge is 2.16. The average Bonchev–Trinajstić information content (AvgIpc) is 2.02. The second-order valence-corrected chi connectivity index (χ2v) is 3.80. The summed E-state index contributed by atoms with van der Waals surface area (Å²) >= 11 is 11.6. The number of benzene rings is 1. The summed E-state index contributed by atoms with van der Waals surface area (Å²) in [7, 11) is 1.47. The molecule has 4 heteroatoms. The van der Waals surface area contributed by atoms with Crippen LogP contribution in [-0.4, -0.2) is 12.9 Å². The summed E-state index contributed by atoms with van der Waals surface area (Å²) in [6.07, 6.45) is -0.591. The quantitative estimate of drug-likeness (QED) is 0.800. The molecule has 0 fully saturated rings.